The number of halogens is 2. The quantitative estimate of drug-likeness (QED) is 0.328. The number of carbonyl (C=O) groups is 2. The number of carbonyl (C=O) groups excluding carboxylic acids is 2. The molecule has 1 fully saturated rings. The first-order valence-corrected chi connectivity index (χ1v) is 10.7. The van der Waals surface area contributed by atoms with E-state index in [0.29, 0.717) is 37.3 Å². The Labute approximate surface area is 193 Å². The Bertz CT molecular complexity index is 1040. The molecular weight excluding hydrogens is 463 g/mol. The van der Waals surface area contributed by atoms with Crippen molar-refractivity contribution in [1.82, 2.24) is 4.90 Å². The van der Waals surface area contributed by atoms with Gasteiger partial charge >= 0.3 is 0 Å². The van der Waals surface area contributed by atoms with Crippen LogP contribution in [0.15, 0.2) is 60.0 Å². The monoisotopic (exact) mass is 478 g/mol. The summed E-state index contributed by atoms with van der Waals surface area (Å²) in [5.74, 6) is 0.0284. The SMILES string of the molecule is C=CCN1C(=O)/C(=C/c2ccc(OCC(=O)Nc3ccc(Cl)cc3Cl)cc2)SC1=S. The van der Waals surface area contributed by atoms with Gasteiger partial charge in [0.1, 0.15) is 10.1 Å². The first-order chi connectivity index (χ1) is 14.4. The molecule has 1 heterocycles. The first kappa shape index (κ1) is 22.4. The van der Waals surface area contributed by atoms with Crippen LogP contribution in [0.3, 0.4) is 0 Å². The predicted octanol–water partition coefficient (Wildman–Crippen LogP) is 5.40. The number of benzene rings is 2. The number of nitrogens with one attached hydrogen (secondary N) is 1. The molecule has 0 bridgehead atoms. The molecule has 30 heavy (non-hydrogen) atoms. The van der Waals surface area contributed by atoms with E-state index >= 15 is 0 Å². The maximum absolute atomic E-state index is 12.4. The van der Waals surface area contributed by atoms with Crippen molar-refractivity contribution in [3.8, 4) is 5.75 Å². The second kappa shape index (κ2) is 10.1. The number of thioether (sulfide) groups is 1. The third-order valence-electron chi connectivity index (χ3n) is 3.94. The number of nitrogens with zero attached hydrogens (tertiary/aromatic N) is 1. The molecule has 0 aromatic heterocycles. The van der Waals surface area contributed by atoms with Gasteiger partial charge in [-0.1, -0.05) is 65.4 Å². The zero-order valence-corrected chi connectivity index (χ0v) is 18.7. The standard InChI is InChI=1S/C21H16Cl2N2O3S2/c1-2-9-25-20(27)18(30-21(25)29)10-13-3-6-15(7-4-13)28-12-19(26)24-17-8-5-14(22)11-16(17)23/h2-8,10-11H,1,9,12H2,(H,24,26)/b18-10-. The minimum atomic E-state index is -0.353. The smallest absolute Gasteiger partial charge is 0.266 e. The van der Waals surface area contributed by atoms with Crippen molar-refractivity contribution in [2.45, 2.75) is 0 Å². The number of ether oxygens (including phenoxy) is 1. The van der Waals surface area contributed by atoms with Crippen LogP contribution in [0.1, 0.15) is 5.56 Å². The van der Waals surface area contributed by atoms with Crippen LogP contribution in [0.2, 0.25) is 10.0 Å². The average Bonchev–Trinajstić information content (AvgIpc) is 2.97. The molecule has 1 aliphatic rings. The highest BCUT2D eigenvalue weighted by atomic mass is 35.5. The maximum Gasteiger partial charge on any atom is 0.266 e. The van der Waals surface area contributed by atoms with Gasteiger partial charge in [0.05, 0.1) is 15.6 Å². The van der Waals surface area contributed by atoms with E-state index in [-0.39, 0.29) is 18.4 Å². The largest absolute Gasteiger partial charge is 0.484 e. The minimum absolute atomic E-state index is 0.136. The van der Waals surface area contributed by atoms with Crippen LogP contribution in [0.5, 0.6) is 5.75 Å². The third-order valence-corrected chi connectivity index (χ3v) is 5.86. The summed E-state index contributed by atoms with van der Waals surface area (Å²) in [5, 5.41) is 3.49. The highest BCUT2D eigenvalue weighted by Crippen LogP contribution is 2.32. The topological polar surface area (TPSA) is 58.6 Å². The van der Waals surface area contributed by atoms with Crippen LogP contribution < -0.4 is 10.1 Å². The lowest BCUT2D eigenvalue weighted by Crippen LogP contribution is -2.27. The van der Waals surface area contributed by atoms with Crippen molar-refractivity contribution in [3.63, 3.8) is 0 Å². The Kier molecular flexibility index (Phi) is 7.55. The number of anilines is 1. The van der Waals surface area contributed by atoms with Crippen LogP contribution in [-0.4, -0.2) is 34.2 Å². The van der Waals surface area contributed by atoms with Crippen LogP contribution in [-0.2, 0) is 9.59 Å². The van der Waals surface area contributed by atoms with Crippen molar-refractivity contribution in [3.05, 3.63) is 75.6 Å². The van der Waals surface area contributed by atoms with E-state index < -0.39 is 0 Å². The van der Waals surface area contributed by atoms with E-state index in [0.717, 1.165) is 5.56 Å². The van der Waals surface area contributed by atoms with Crippen LogP contribution >= 0.6 is 47.2 Å². The van der Waals surface area contributed by atoms with Crippen molar-refractivity contribution >= 4 is 75.1 Å². The van der Waals surface area contributed by atoms with Gasteiger partial charge in [0.15, 0.2) is 6.61 Å². The van der Waals surface area contributed by atoms with Crippen molar-refractivity contribution < 1.29 is 14.3 Å². The fourth-order valence-corrected chi connectivity index (χ4v) is 4.25. The number of hydrogen-bond acceptors (Lipinski definition) is 5. The number of amides is 2. The molecule has 0 unspecified atom stereocenters. The highest BCUT2D eigenvalue weighted by molar-refractivity contribution is 8.26. The van der Waals surface area contributed by atoms with Crippen LogP contribution in [0.25, 0.3) is 6.08 Å². The fourth-order valence-electron chi connectivity index (χ4n) is 2.52. The minimum Gasteiger partial charge on any atom is -0.484 e. The summed E-state index contributed by atoms with van der Waals surface area (Å²) >= 11 is 18.4. The lowest BCUT2D eigenvalue weighted by atomic mass is 10.2. The fraction of sp³-hybridized carbons (Fsp3) is 0.0952. The summed E-state index contributed by atoms with van der Waals surface area (Å²) in [7, 11) is 0. The molecule has 1 N–H and O–H groups in total. The Morgan fingerprint density at radius 1 is 1.23 bits per heavy atom. The van der Waals surface area contributed by atoms with E-state index in [1.165, 1.54) is 16.7 Å². The van der Waals surface area contributed by atoms with Crippen LogP contribution in [0, 0.1) is 0 Å². The summed E-state index contributed by atoms with van der Waals surface area (Å²) in [6, 6.07) is 11.8. The molecule has 2 aromatic rings. The van der Waals surface area contributed by atoms with Gasteiger partial charge in [0.25, 0.3) is 11.8 Å². The van der Waals surface area contributed by atoms with E-state index in [1.807, 2.05) is 0 Å². The van der Waals surface area contributed by atoms with E-state index in [9.17, 15) is 9.59 Å². The Morgan fingerprint density at radius 3 is 2.63 bits per heavy atom. The van der Waals surface area contributed by atoms with Gasteiger partial charge < -0.3 is 10.1 Å². The second-order valence-electron chi connectivity index (χ2n) is 6.11. The normalized spacial score (nSPS) is 14.9. The van der Waals surface area contributed by atoms with Gasteiger partial charge in [0, 0.05) is 11.6 Å². The van der Waals surface area contributed by atoms with Gasteiger partial charge in [-0.15, -0.1) is 6.58 Å². The molecule has 9 heteroatoms. The number of thiocarbonyl (C=S) groups is 1. The van der Waals surface area contributed by atoms with E-state index in [2.05, 4.69) is 11.9 Å². The van der Waals surface area contributed by atoms with Gasteiger partial charge in [-0.05, 0) is 42.0 Å². The Hall–Kier alpha value is -2.32. The Morgan fingerprint density at radius 2 is 1.97 bits per heavy atom. The molecule has 0 spiro atoms. The van der Waals surface area contributed by atoms with E-state index in [4.69, 9.17) is 40.2 Å². The summed E-state index contributed by atoms with van der Waals surface area (Å²) < 4.78 is 6.01. The van der Waals surface area contributed by atoms with Gasteiger partial charge in [0.2, 0.25) is 0 Å². The lowest BCUT2D eigenvalue weighted by Gasteiger charge is -2.10. The van der Waals surface area contributed by atoms with Gasteiger partial charge in [-0.3, -0.25) is 14.5 Å². The average molecular weight is 479 g/mol. The van der Waals surface area contributed by atoms with Crippen molar-refractivity contribution in [2.24, 2.45) is 0 Å². The lowest BCUT2D eigenvalue weighted by molar-refractivity contribution is -0.121. The molecule has 0 aliphatic carbocycles. The molecule has 1 saturated heterocycles. The molecule has 0 saturated carbocycles. The number of rotatable bonds is 7. The summed E-state index contributed by atoms with van der Waals surface area (Å²) in [4.78, 5) is 26.5. The second-order valence-corrected chi connectivity index (χ2v) is 8.63. The zero-order valence-electron chi connectivity index (χ0n) is 15.6. The van der Waals surface area contributed by atoms with E-state index in [1.54, 1.807) is 54.6 Å². The third kappa shape index (κ3) is 5.64. The maximum atomic E-state index is 12.4. The first-order valence-electron chi connectivity index (χ1n) is 8.71. The molecule has 3 rings (SSSR count). The Balaban J connectivity index is 1.57. The van der Waals surface area contributed by atoms with Crippen molar-refractivity contribution in [1.29, 1.82) is 0 Å². The highest BCUT2D eigenvalue weighted by Gasteiger charge is 2.30. The molecule has 2 amide bonds. The predicted molar refractivity (Wildman–Crippen MR) is 127 cm³/mol. The van der Waals surface area contributed by atoms with Crippen molar-refractivity contribution in [2.75, 3.05) is 18.5 Å². The summed E-state index contributed by atoms with van der Waals surface area (Å²) in [6.07, 6.45) is 3.40. The molecule has 154 valence electrons. The van der Waals surface area contributed by atoms with Gasteiger partial charge in [-0.25, -0.2) is 0 Å². The summed E-state index contributed by atoms with van der Waals surface area (Å²) in [6.45, 7) is 3.84. The van der Waals surface area contributed by atoms with Crippen LogP contribution in [0.4, 0.5) is 5.69 Å². The molecule has 2 aromatic carbocycles. The molecule has 5 nitrogen and oxygen atoms in total. The molecular formula is C21H16Cl2N2O3S2. The molecule has 1 aliphatic heterocycles. The molecule has 0 atom stereocenters. The van der Waals surface area contributed by atoms with Gasteiger partial charge in [-0.2, -0.15) is 0 Å². The number of hydrogen-bond donors (Lipinski definition) is 1. The zero-order chi connectivity index (χ0) is 21.7. The summed E-state index contributed by atoms with van der Waals surface area (Å²) in [5.41, 5.74) is 1.28. The molecule has 0 radical (unpaired) electrons.